The number of hydrogen-bond acceptors (Lipinski definition) is 5. The number of carbonyl (C=O) groups excluding carboxylic acids is 2. The molecule has 382 valence electrons. The number of hydrogen-bond donors (Lipinski definition) is 0. The first-order valence-corrected chi connectivity index (χ1v) is 28.5. The van der Waals surface area contributed by atoms with E-state index in [1.165, 1.54) is 141 Å². The molecule has 0 N–H and O–H groups in total. The fourth-order valence-electron chi connectivity index (χ4n) is 8.07. The number of unbranched alkanes of at least 4 members (excludes halogenated alkanes) is 29. The molecule has 0 aliphatic rings. The van der Waals surface area contributed by atoms with Crippen molar-refractivity contribution in [3.8, 4) is 0 Å². The highest BCUT2D eigenvalue weighted by molar-refractivity contribution is 5.70. The zero-order chi connectivity index (χ0) is 47.7. The lowest BCUT2D eigenvalue weighted by atomic mass is 10.0. The summed E-state index contributed by atoms with van der Waals surface area (Å²) in [6.07, 6.45) is 73.6. The predicted octanol–water partition coefficient (Wildman–Crippen LogP) is 19.5. The third-order valence-corrected chi connectivity index (χ3v) is 12.2. The van der Waals surface area contributed by atoms with E-state index in [4.69, 9.17) is 14.2 Å². The predicted molar refractivity (Wildman–Crippen MR) is 288 cm³/mol. The van der Waals surface area contributed by atoms with Gasteiger partial charge >= 0.3 is 11.9 Å². The molecule has 0 spiro atoms. The molecular weight excluding hydrogens is 813 g/mol. The van der Waals surface area contributed by atoms with Crippen molar-refractivity contribution in [2.24, 2.45) is 0 Å². The van der Waals surface area contributed by atoms with Crippen LogP contribution in [0.5, 0.6) is 0 Å². The first-order valence-electron chi connectivity index (χ1n) is 28.5. The fraction of sp³-hybridized carbons (Fsp3) is 0.770. The lowest BCUT2D eigenvalue weighted by Crippen LogP contribution is -2.30. The molecule has 66 heavy (non-hydrogen) atoms. The average molecular weight is 922 g/mol. The van der Waals surface area contributed by atoms with Gasteiger partial charge in [-0.25, -0.2) is 0 Å². The highest BCUT2D eigenvalue weighted by Gasteiger charge is 2.17. The Bertz CT molecular complexity index is 1180. The number of allylic oxidation sites excluding steroid dienone is 12. The summed E-state index contributed by atoms with van der Waals surface area (Å²) in [5.74, 6) is -0.428. The Morgan fingerprint density at radius 1 is 0.348 bits per heavy atom. The molecule has 0 aliphatic heterocycles. The van der Waals surface area contributed by atoms with Gasteiger partial charge in [-0.15, -0.1) is 0 Å². The van der Waals surface area contributed by atoms with Crippen LogP contribution in [0, 0.1) is 0 Å². The summed E-state index contributed by atoms with van der Waals surface area (Å²) in [5, 5.41) is 0. The van der Waals surface area contributed by atoms with E-state index in [2.05, 4.69) is 93.7 Å². The molecule has 0 aliphatic carbocycles. The van der Waals surface area contributed by atoms with Crippen LogP contribution in [0.2, 0.25) is 0 Å². The van der Waals surface area contributed by atoms with Gasteiger partial charge in [-0.2, -0.15) is 0 Å². The second-order valence-electron chi connectivity index (χ2n) is 18.8. The SMILES string of the molecule is CC/C=C\C/C=C\C/C=C\CCCCCCCC(=O)OCC(COCCCCCCCCCCCCCCCCCCCCCC)OC(=O)CCCCCCC/C=C\C/C=C\C/C=C\CC. The Balaban J connectivity index is 4.27. The van der Waals surface area contributed by atoms with E-state index in [9.17, 15) is 9.59 Å². The number of esters is 2. The van der Waals surface area contributed by atoms with Gasteiger partial charge in [0.1, 0.15) is 6.61 Å². The maximum atomic E-state index is 12.8. The summed E-state index contributed by atoms with van der Waals surface area (Å²) in [6, 6.07) is 0. The van der Waals surface area contributed by atoms with Gasteiger partial charge in [0.15, 0.2) is 6.10 Å². The minimum absolute atomic E-state index is 0.0695. The van der Waals surface area contributed by atoms with Crippen molar-refractivity contribution in [2.75, 3.05) is 19.8 Å². The Hall–Kier alpha value is -2.66. The third kappa shape index (κ3) is 54.0. The highest BCUT2D eigenvalue weighted by Crippen LogP contribution is 2.16. The van der Waals surface area contributed by atoms with E-state index in [0.29, 0.717) is 19.4 Å². The van der Waals surface area contributed by atoms with Crippen LogP contribution in [0.3, 0.4) is 0 Å². The molecule has 0 bridgehead atoms. The van der Waals surface area contributed by atoms with Gasteiger partial charge in [0.25, 0.3) is 0 Å². The smallest absolute Gasteiger partial charge is 0.306 e. The lowest BCUT2D eigenvalue weighted by Gasteiger charge is -2.18. The lowest BCUT2D eigenvalue weighted by molar-refractivity contribution is -0.163. The molecule has 5 heteroatoms. The highest BCUT2D eigenvalue weighted by atomic mass is 16.6. The van der Waals surface area contributed by atoms with Crippen LogP contribution in [0.25, 0.3) is 0 Å². The Morgan fingerprint density at radius 2 is 0.682 bits per heavy atom. The zero-order valence-electron chi connectivity index (χ0n) is 44.0. The van der Waals surface area contributed by atoms with Crippen LogP contribution < -0.4 is 0 Å². The first-order chi connectivity index (χ1) is 32.6. The largest absolute Gasteiger partial charge is 0.462 e. The molecule has 0 fully saturated rings. The van der Waals surface area contributed by atoms with E-state index >= 15 is 0 Å². The monoisotopic (exact) mass is 921 g/mol. The Labute approximate surface area is 410 Å². The molecule has 1 atom stereocenters. The standard InChI is InChI=1S/C61H108O5/c1-4-7-10-13-16-19-22-25-28-29-30-31-32-35-38-41-44-47-50-53-56-64-57-59(66-61(63)55-52-49-46-43-40-37-34-27-24-21-18-15-12-9-6-3)58-65-60(62)54-51-48-45-42-39-36-33-26-23-20-17-14-11-8-5-2/h8-9,11-12,17-18,20-21,26-27,33-34,59H,4-7,10,13-16,19,22-25,28-32,35-58H2,1-3H3/b11-8-,12-9-,20-17-,21-18-,33-26-,34-27-. The summed E-state index contributed by atoms with van der Waals surface area (Å²) < 4.78 is 17.5. The van der Waals surface area contributed by atoms with Gasteiger partial charge in [-0.05, 0) is 83.5 Å². The van der Waals surface area contributed by atoms with E-state index in [0.717, 1.165) is 103 Å². The maximum absolute atomic E-state index is 12.8. The van der Waals surface area contributed by atoms with E-state index < -0.39 is 6.10 Å². The van der Waals surface area contributed by atoms with E-state index in [-0.39, 0.29) is 25.2 Å². The minimum atomic E-state index is -0.553. The summed E-state index contributed by atoms with van der Waals surface area (Å²) in [7, 11) is 0. The minimum Gasteiger partial charge on any atom is -0.462 e. The normalized spacial score (nSPS) is 12.7. The average Bonchev–Trinajstić information content (AvgIpc) is 3.32. The van der Waals surface area contributed by atoms with Crippen LogP contribution in [0.15, 0.2) is 72.9 Å². The Kier molecular flexibility index (Phi) is 54.4. The van der Waals surface area contributed by atoms with Crippen molar-refractivity contribution >= 4 is 11.9 Å². The molecule has 0 aromatic rings. The second-order valence-corrected chi connectivity index (χ2v) is 18.8. The topological polar surface area (TPSA) is 61.8 Å². The van der Waals surface area contributed by atoms with Crippen LogP contribution in [0.1, 0.15) is 278 Å². The molecule has 0 saturated heterocycles. The number of ether oxygens (including phenoxy) is 3. The van der Waals surface area contributed by atoms with Crippen molar-refractivity contribution in [3.63, 3.8) is 0 Å². The van der Waals surface area contributed by atoms with Gasteiger partial charge in [0, 0.05) is 19.4 Å². The molecule has 0 rings (SSSR count). The number of carbonyl (C=O) groups is 2. The van der Waals surface area contributed by atoms with Crippen molar-refractivity contribution in [1.82, 2.24) is 0 Å². The van der Waals surface area contributed by atoms with Crippen molar-refractivity contribution < 1.29 is 23.8 Å². The van der Waals surface area contributed by atoms with Crippen molar-refractivity contribution in [3.05, 3.63) is 72.9 Å². The van der Waals surface area contributed by atoms with Gasteiger partial charge in [0.05, 0.1) is 6.61 Å². The van der Waals surface area contributed by atoms with Gasteiger partial charge < -0.3 is 14.2 Å². The maximum Gasteiger partial charge on any atom is 0.306 e. The van der Waals surface area contributed by atoms with Crippen LogP contribution in [0.4, 0.5) is 0 Å². The summed E-state index contributed by atoms with van der Waals surface area (Å²) in [6.45, 7) is 7.61. The summed E-state index contributed by atoms with van der Waals surface area (Å²) in [4.78, 5) is 25.5. The van der Waals surface area contributed by atoms with Crippen molar-refractivity contribution in [1.29, 1.82) is 0 Å². The van der Waals surface area contributed by atoms with Gasteiger partial charge in [-0.3, -0.25) is 9.59 Å². The quantitative estimate of drug-likeness (QED) is 0.0346. The molecule has 0 heterocycles. The molecular formula is C61H108O5. The molecule has 5 nitrogen and oxygen atoms in total. The van der Waals surface area contributed by atoms with Gasteiger partial charge in [0.2, 0.25) is 0 Å². The Morgan fingerprint density at radius 3 is 1.09 bits per heavy atom. The summed E-state index contributed by atoms with van der Waals surface area (Å²) in [5.41, 5.74) is 0. The van der Waals surface area contributed by atoms with Crippen LogP contribution >= 0.6 is 0 Å². The van der Waals surface area contributed by atoms with Crippen LogP contribution in [-0.4, -0.2) is 37.9 Å². The molecule has 0 radical (unpaired) electrons. The molecule has 1 unspecified atom stereocenters. The van der Waals surface area contributed by atoms with Gasteiger partial charge in [-0.1, -0.05) is 254 Å². The zero-order valence-corrected chi connectivity index (χ0v) is 44.0. The van der Waals surface area contributed by atoms with E-state index in [1.807, 2.05) is 0 Å². The first kappa shape index (κ1) is 63.3. The molecule has 0 saturated carbocycles. The third-order valence-electron chi connectivity index (χ3n) is 12.2. The van der Waals surface area contributed by atoms with Crippen LogP contribution in [-0.2, 0) is 23.8 Å². The van der Waals surface area contributed by atoms with E-state index in [1.54, 1.807) is 0 Å². The molecule has 0 aromatic carbocycles. The number of rotatable bonds is 52. The summed E-state index contributed by atoms with van der Waals surface area (Å²) >= 11 is 0. The fourth-order valence-corrected chi connectivity index (χ4v) is 8.07. The molecule has 0 amide bonds. The molecule has 0 aromatic heterocycles. The van der Waals surface area contributed by atoms with Crippen molar-refractivity contribution in [2.45, 2.75) is 284 Å². The second kappa shape index (κ2) is 56.7.